The summed E-state index contributed by atoms with van der Waals surface area (Å²) in [7, 11) is -3.71. The fourth-order valence-corrected chi connectivity index (χ4v) is 3.46. The first-order valence-corrected chi connectivity index (χ1v) is 8.25. The average Bonchev–Trinajstić information content (AvgIpc) is 3.19. The third kappa shape index (κ3) is 3.22. The van der Waals surface area contributed by atoms with Crippen molar-refractivity contribution in [3.8, 4) is 0 Å². The van der Waals surface area contributed by atoms with E-state index in [9.17, 15) is 8.42 Å². The number of hydrogen-bond donors (Lipinski definition) is 3. The number of nitrogens with zero attached hydrogens (tertiary/aromatic N) is 2. The Labute approximate surface area is 123 Å². The Balaban J connectivity index is 1.85. The van der Waals surface area contributed by atoms with Crippen LogP contribution in [0.3, 0.4) is 0 Å². The third-order valence-electron chi connectivity index (χ3n) is 3.27. The molecule has 2 aromatic heterocycles. The molecule has 0 atom stereocenters. The standard InChI is InChI=1S/C13H17N5O2S/c1-9-13(11(17-16-9)8-15-10-5-6-10)21(19,20)18-12-4-2-3-7-14-12/h2-4,7,10,15H,5-6,8H2,1H3,(H,14,18)(H,16,17). The Morgan fingerprint density at radius 3 is 2.86 bits per heavy atom. The van der Waals surface area contributed by atoms with Gasteiger partial charge in [0, 0.05) is 18.8 Å². The minimum Gasteiger partial charge on any atom is -0.308 e. The van der Waals surface area contributed by atoms with Crippen LogP contribution in [0, 0.1) is 6.92 Å². The van der Waals surface area contributed by atoms with Crippen molar-refractivity contribution in [1.82, 2.24) is 20.5 Å². The lowest BCUT2D eigenvalue weighted by Gasteiger charge is -2.08. The first-order chi connectivity index (χ1) is 10.1. The molecule has 0 unspecified atom stereocenters. The molecule has 7 nitrogen and oxygen atoms in total. The van der Waals surface area contributed by atoms with E-state index in [4.69, 9.17) is 0 Å². The van der Waals surface area contributed by atoms with Gasteiger partial charge >= 0.3 is 0 Å². The van der Waals surface area contributed by atoms with Gasteiger partial charge in [0.15, 0.2) is 0 Å². The molecule has 1 fully saturated rings. The van der Waals surface area contributed by atoms with Gasteiger partial charge in [-0.15, -0.1) is 0 Å². The Hall–Kier alpha value is -1.93. The van der Waals surface area contributed by atoms with Gasteiger partial charge in [0.25, 0.3) is 10.0 Å². The lowest BCUT2D eigenvalue weighted by Crippen LogP contribution is -2.20. The van der Waals surface area contributed by atoms with Gasteiger partial charge in [-0.2, -0.15) is 5.10 Å². The summed E-state index contributed by atoms with van der Waals surface area (Å²) in [4.78, 5) is 4.18. The molecule has 0 amide bonds. The molecule has 2 aromatic rings. The summed E-state index contributed by atoms with van der Waals surface area (Å²) in [6, 6.07) is 5.55. The number of aryl methyl sites for hydroxylation is 1. The maximum atomic E-state index is 12.5. The summed E-state index contributed by atoms with van der Waals surface area (Å²) in [5, 5.41) is 10.1. The van der Waals surface area contributed by atoms with Crippen LogP contribution in [0.2, 0.25) is 0 Å². The van der Waals surface area contributed by atoms with Crippen molar-refractivity contribution in [2.75, 3.05) is 4.72 Å². The molecule has 112 valence electrons. The van der Waals surface area contributed by atoms with E-state index in [1.54, 1.807) is 25.1 Å². The van der Waals surface area contributed by atoms with E-state index in [2.05, 4.69) is 25.2 Å². The van der Waals surface area contributed by atoms with E-state index in [-0.39, 0.29) is 4.90 Å². The van der Waals surface area contributed by atoms with E-state index in [1.807, 2.05) is 0 Å². The Morgan fingerprint density at radius 1 is 1.38 bits per heavy atom. The van der Waals surface area contributed by atoms with Gasteiger partial charge in [0.1, 0.15) is 10.7 Å². The molecule has 1 aliphatic carbocycles. The summed E-state index contributed by atoms with van der Waals surface area (Å²) in [6.45, 7) is 2.13. The van der Waals surface area contributed by atoms with Crippen LogP contribution in [0.15, 0.2) is 29.3 Å². The number of anilines is 1. The minimum absolute atomic E-state index is 0.196. The van der Waals surface area contributed by atoms with E-state index in [0.717, 1.165) is 12.8 Å². The molecule has 2 heterocycles. The highest BCUT2D eigenvalue weighted by molar-refractivity contribution is 7.92. The molecule has 3 rings (SSSR count). The quantitative estimate of drug-likeness (QED) is 0.744. The van der Waals surface area contributed by atoms with Gasteiger partial charge < -0.3 is 5.32 Å². The zero-order chi connectivity index (χ0) is 14.9. The lowest BCUT2D eigenvalue weighted by molar-refractivity contribution is 0.596. The van der Waals surface area contributed by atoms with Gasteiger partial charge in [-0.3, -0.25) is 9.82 Å². The highest BCUT2D eigenvalue weighted by atomic mass is 32.2. The Morgan fingerprint density at radius 2 is 2.19 bits per heavy atom. The van der Waals surface area contributed by atoms with Crippen molar-refractivity contribution < 1.29 is 8.42 Å². The first-order valence-electron chi connectivity index (χ1n) is 6.77. The molecule has 0 radical (unpaired) electrons. The average molecular weight is 307 g/mol. The highest BCUT2D eigenvalue weighted by Gasteiger charge is 2.27. The normalized spacial score (nSPS) is 15.1. The summed E-state index contributed by atoms with van der Waals surface area (Å²) >= 11 is 0. The molecule has 21 heavy (non-hydrogen) atoms. The number of rotatable bonds is 6. The van der Waals surface area contributed by atoms with E-state index < -0.39 is 10.0 Å². The largest absolute Gasteiger partial charge is 0.308 e. The van der Waals surface area contributed by atoms with Crippen molar-refractivity contribution in [3.05, 3.63) is 35.8 Å². The second-order valence-electron chi connectivity index (χ2n) is 5.10. The van der Waals surface area contributed by atoms with Gasteiger partial charge in [0.05, 0.1) is 11.4 Å². The monoisotopic (exact) mass is 307 g/mol. The minimum atomic E-state index is -3.71. The molecule has 1 aliphatic rings. The number of pyridine rings is 1. The molecular formula is C13H17N5O2S. The van der Waals surface area contributed by atoms with Gasteiger partial charge in [-0.1, -0.05) is 6.07 Å². The zero-order valence-corrected chi connectivity index (χ0v) is 12.4. The highest BCUT2D eigenvalue weighted by Crippen LogP contribution is 2.23. The number of aromatic nitrogens is 3. The maximum absolute atomic E-state index is 12.5. The van der Waals surface area contributed by atoms with Crippen LogP contribution in [-0.4, -0.2) is 29.6 Å². The van der Waals surface area contributed by atoms with Gasteiger partial charge in [-0.25, -0.2) is 13.4 Å². The topological polar surface area (TPSA) is 99.8 Å². The third-order valence-corrected chi connectivity index (χ3v) is 4.83. The number of hydrogen-bond acceptors (Lipinski definition) is 5. The van der Waals surface area contributed by atoms with Crippen molar-refractivity contribution in [1.29, 1.82) is 0 Å². The molecule has 0 aliphatic heterocycles. The molecule has 1 saturated carbocycles. The molecule has 0 spiro atoms. The lowest BCUT2D eigenvalue weighted by atomic mass is 10.3. The van der Waals surface area contributed by atoms with Crippen LogP contribution in [0.25, 0.3) is 0 Å². The Bertz CT molecular complexity index is 722. The smallest absolute Gasteiger partial charge is 0.266 e. The fourth-order valence-electron chi connectivity index (χ4n) is 2.09. The molecule has 0 aromatic carbocycles. The van der Waals surface area contributed by atoms with Gasteiger partial charge in [-0.05, 0) is 31.9 Å². The summed E-state index contributed by atoms with van der Waals surface area (Å²) < 4.78 is 27.5. The number of H-pyrrole nitrogens is 1. The maximum Gasteiger partial charge on any atom is 0.266 e. The predicted octanol–water partition coefficient (Wildman–Crippen LogP) is 1.17. The van der Waals surface area contributed by atoms with Crippen LogP contribution in [-0.2, 0) is 16.6 Å². The van der Waals surface area contributed by atoms with Crippen molar-refractivity contribution in [3.63, 3.8) is 0 Å². The van der Waals surface area contributed by atoms with E-state index in [0.29, 0.717) is 29.8 Å². The van der Waals surface area contributed by atoms with Crippen molar-refractivity contribution in [2.45, 2.75) is 37.2 Å². The molecule has 8 heteroatoms. The van der Waals surface area contributed by atoms with Crippen LogP contribution < -0.4 is 10.0 Å². The molecule has 0 saturated heterocycles. The van der Waals surface area contributed by atoms with Crippen LogP contribution in [0.1, 0.15) is 24.2 Å². The van der Waals surface area contributed by atoms with Crippen LogP contribution in [0.4, 0.5) is 5.82 Å². The Kier molecular flexibility index (Phi) is 3.64. The number of aromatic amines is 1. The van der Waals surface area contributed by atoms with Gasteiger partial charge in [0.2, 0.25) is 0 Å². The summed E-state index contributed by atoms with van der Waals surface area (Å²) in [5.74, 6) is 0.291. The first kappa shape index (κ1) is 14.0. The van der Waals surface area contributed by atoms with E-state index in [1.165, 1.54) is 6.20 Å². The fraction of sp³-hybridized carbons (Fsp3) is 0.385. The van der Waals surface area contributed by atoms with Crippen molar-refractivity contribution >= 4 is 15.8 Å². The number of sulfonamides is 1. The summed E-state index contributed by atoms with van der Waals surface area (Å²) in [6.07, 6.45) is 3.81. The molecule has 0 bridgehead atoms. The predicted molar refractivity (Wildman–Crippen MR) is 78.2 cm³/mol. The second-order valence-corrected chi connectivity index (χ2v) is 6.72. The second kappa shape index (κ2) is 5.45. The molecule has 3 N–H and O–H groups in total. The van der Waals surface area contributed by atoms with Crippen molar-refractivity contribution in [2.24, 2.45) is 0 Å². The SMILES string of the molecule is Cc1[nH]nc(CNC2CC2)c1S(=O)(=O)Nc1ccccn1. The van der Waals surface area contributed by atoms with Crippen LogP contribution in [0.5, 0.6) is 0 Å². The van der Waals surface area contributed by atoms with Crippen LogP contribution >= 0.6 is 0 Å². The summed E-state index contributed by atoms with van der Waals surface area (Å²) in [5.41, 5.74) is 1.02. The van der Waals surface area contributed by atoms with E-state index >= 15 is 0 Å². The zero-order valence-electron chi connectivity index (χ0n) is 11.6. The molecular weight excluding hydrogens is 290 g/mol. The number of nitrogens with one attached hydrogen (secondary N) is 3.